The lowest BCUT2D eigenvalue weighted by Crippen LogP contribution is -2.37. The number of hydrogen-bond donors (Lipinski definition) is 4. The number of para-hydroxylation sites is 1. The Balaban J connectivity index is 0.00000208. The highest BCUT2D eigenvalue weighted by atomic mass is 35.5. The summed E-state index contributed by atoms with van der Waals surface area (Å²) in [4.78, 5) is 19.4. The van der Waals surface area contributed by atoms with Gasteiger partial charge in [0.2, 0.25) is 0 Å². The summed E-state index contributed by atoms with van der Waals surface area (Å²) < 4.78 is 0. The molecule has 0 saturated heterocycles. The van der Waals surface area contributed by atoms with Crippen LogP contribution in [0.25, 0.3) is 10.9 Å². The van der Waals surface area contributed by atoms with Gasteiger partial charge in [0.15, 0.2) is 5.96 Å². The summed E-state index contributed by atoms with van der Waals surface area (Å²) in [6.45, 7) is 0.374. The summed E-state index contributed by atoms with van der Waals surface area (Å²) >= 11 is 0. The summed E-state index contributed by atoms with van der Waals surface area (Å²) in [6, 6.07) is 16.8. The van der Waals surface area contributed by atoms with Gasteiger partial charge < -0.3 is 16.5 Å². The lowest BCUT2D eigenvalue weighted by molar-refractivity contribution is 0.0972. The van der Waals surface area contributed by atoms with Gasteiger partial charge in [0.05, 0.1) is 6.54 Å². The number of aromatic amines is 1. The van der Waals surface area contributed by atoms with Crippen LogP contribution in [0.4, 0.5) is 5.69 Å². The number of fused-ring (bicyclic) bond motifs is 1. The molecule has 0 fully saturated rings. The van der Waals surface area contributed by atoms with Crippen molar-refractivity contribution in [2.24, 2.45) is 10.7 Å². The maximum atomic E-state index is 12.2. The number of halogens is 1. The van der Waals surface area contributed by atoms with Crippen molar-refractivity contribution in [3.63, 3.8) is 0 Å². The number of carbonyl (C=O) groups excluding carboxylic acids is 1. The number of aliphatic imine (C=N–C) groups is 1. The fourth-order valence-corrected chi connectivity index (χ4v) is 2.22. The Bertz CT molecular complexity index is 837. The lowest BCUT2D eigenvalue weighted by atomic mass is 10.2. The highest BCUT2D eigenvalue weighted by molar-refractivity contribution is 6.06. The van der Waals surface area contributed by atoms with Gasteiger partial charge in [-0.3, -0.25) is 10.1 Å². The number of anilines is 1. The van der Waals surface area contributed by atoms with Crippen molar-refractivity contribution < 1.29 is 4.79 Å². The number of hydrogen-bond acceptors (Lipinski definition) is 3. The van der Waals surface area contributed by atoms with E-state index in [4.69, 9.17) is 11.5 Å². The van der Waals surface area contributed by atoms with Crippen LogP contribution in [0.5, 0.6) is 0 Å². The number of nitrogens with two attached hydrogens (primary N) is 2. The highest BCUT2D eigenvalue weighted by Gasteiger charge is 2.10. The van der Waals surface area contributed by atoms with Gasteiger partial charge in [-0.1, -0.05) is 30.3 Å². The van der Waals surface area contributed by atoms with Gasteiger partial charge in [0.1, 0.15) is 5.69 Å². The molecule has 6 nitrogen and oxygen atoms in total. The van der Waals surface area contributed by atoms with Crippen LogP contribution in [0, 0.1) is 0 Å². The first kappa shape index (κ1) is 17.4. The van der Waals surface area contributed by atoms with Gasteiger partial charge in [-0.25, -0.2) is 4.99 Å². The SMILES string of the molecule is Cl.NC(=NCc1ccc(N)cc1)NC(=O)c1cc2ccccc2[nH]1. The van der Waals surface area contributed by atoms with E-state index in [0.717, 1.165) is 16.5 Å². The second-order valence-electron chi connectivity index (χ2n) is 5.17. The predicted molar refractivity (Wildman–Crippen MR) is 99.2 cm³/mol. The average Bonchev–Trinajstić information content (AvgIpc) is 2.98. The van der Waals surface area contributed by atoms with Crippen molar-refractivity contribution in [1.29, 1.82) is 0 Å². The third-order valence-corrected chi connectivity index (χ3v) is 3.43. The maximum absolute atomic E-state index is 12.2. The number of benzene rings is 2. The Morgan fingerprint density at radius 2 is 1.83 bits per heavy atom. The van der Waals surface area contributed by atoms with Crippen molar-refractivity contribution in [3.05, 3.63) is 65.9 Å². The van der Waals surface area contributed by atoms with Gasteiger partial charge in [-0.05, 0) is 29.8 Å². The number of amides is 1. The summed E-state index contributed by atoms with van der Waals surface area (Å²) in [5, 5.41) is 3.54. The second-order valence-corrected chi connectivity index (χ2v) is 5.17. The van der Waals surface area contributed by atoms with E-state index >= 15 is 0 Å². The molecule has 7 heteroatoms. The minimum absolute atomic E-state index is 0. The molecule has 0 aliphatic rings. The van der Waals surface area contributed by atoms with Crippen molar-refractivity contribution in [3.8, 4) is 0 Å². The van der Waals surface area contributed by atoms with Crippen LogP contribution < -0.4 is 16.8 Å². The minimum atomic E-state index is -0.320. The van der Waals surface area contributed by atoms with E-state index < -0.39 is 0 Å². The monoisotopic (exact) mass is 343 g/mol. The summed E-state index contributed by atoms with van der Waals surface area (Å²) in [5.74, 6) is -0.245. The molecule has 3 rings (SSSR count). The molecule has 1 heterocycles. The average molecular weight is 344 g/mol. The van der Waals surface area contributed by atoms with Crippen molar-refractivity contribution >= 4 is 40.9 Å². The number of guanidine groups is 1. The largest absolute Gasteiger partial charge is 0.399 e. The van der Waals surface area contributed by atoms with E-state index in [-0.39, 0.29) is 24.3 Å². The van der Waals surface area contributed by atoms with E-state index in [1.807, 2.05) is 36.4 Å². The van der Waals surface area contributed by atoms with Crippen LogP contribution in [0.2, 0.25) is 0 Å². The van der Waals surface area contributed by atoms with Crippen LogP contribution in [-0.4, -0.2) is 16.9 Å². The van der Waals surface area contributed by atoms with Gasteiger partial charge in [-0.15, -0.1) is 12.4 Å². The highest BCUT2D eigenvalue weighted by Crippen LogP contribution is 2.14. The Kier molecular flexibility index (Phi) is 5.44. The van der Waals surface area contributed by atoms with Gasteiger partial charge in [0.25, 0.3) is 5.91 Å². The standard InChI is InChI=1S/C17H17N5O.ClH/c18-13-7-5-11(6-8-13)10-20-17(19)22-16(23)15-9-12-3-1-2-4-14(12)21-15;/h1-9,21H,10,18H2,(H3,19,20,22,23);1H. The normalized spacial score (nSPS) is 11.1. The number of rotatable bonds is 3. The van der Waals surface area contributed by atoms with Crippen LogP contribution in [0.1, 0.15) is 16.1 Å². The molecule has 3 aromatic rings. The molecule has 0 radical (unpaired) electrons. The van der Waals surface area contributed by atoms with E-state index in [1.54, 1.807) is 18.2 Å². The Hall–Kier alpha value is -2.99. The summed E-state index contributed by atoms with van der Waals surface area (Å²) in [5.41, 5.74) is 14.4. The van der Waals surface area contributed by atoms with Gasteiger partial charge in [-0.2, -0.15) is 0 Å². The molecule has 0 aliphatic carbocycles. The molecule has 0 atom stereocenters. The van der Waals surface area contributed by atoms with Crippen LogP contribution in [-0.2, 0) is 6.54 Å². The number of H-pyrrole nitrogens is 1. The molecule has 2 aromatic carbocycles. The quantitative estimate of drug-likeness (QED) is 0.333. The lowest BCUT2D eigenvalue weighted by Gasteiger charge is -2.03. The van der Waals surface area contributed by atoms with Crippen LogP contribution in [0.3, 0.4) is 0 Å². The van der Waals surface area contributed by atoms with Gasteiger partial charge in [0, 0.05) is 16.6 Å². The predicted octanol–water partition coefficient (Wildman–Crippen LogP) is 2.42. The summed E-state index contributed by atoms with van der Waals surface area (Å²) in [6.07, 6.45) is 0. The Morgan fingerprint density at radius 1 is 1.12 bits per heavy atom. The first-order valence-corrected chi connectivity index (χ1v) is 7.15. The third kappa shape index (κ3) is 4.05. The molecule has 0 aliphatic heterocycles. The van der Waals surface area contributed by atoms with Crippen molar-refractivity contribution in [1.82, 2.24) is 10.3 Å². The number of nitrogen functional groups attached to an aromatic ring is 1. The molecule has 0 bridgehead atoms. The molecule has 1 amide bonds. The Morgan fingerprint density at radius 3 is 2.54 bits per heavy atom. The number of carbonyl (C=O) groups is 1. The summed E-state index contributed by atoms with van der Waals surface area (Å²) in [7, 11) is 0. The molecular formula is C17H18ClN5O. The van der Waals surface area contributed by atoms with E-state index in [1.165, 1.54) is 0 Å². The first-order chi connectivity index (χ1) is 11.1. The maximum Gasteiger partial charge on any atom is 0.274 e. The molecule has 0 spiro atoms. The van der Waals surface area contributed by atoms with Crippen molar-refractivity contribution in [2.45, 2.75) is 6.54 Å². The van der Waals surface area contributed by atoms with Crippen molar-refractivity contribution in [2.75, 3.05) is 5.73 Å². The number of nitrogens with zero attached hydrogens (tertiary/aromatic N) is 1. The van der Waals surface area contributed by atoms with E-state index in [0.29, 0.717) is 17.9 Å². The van der Waals surface area contributed by atoms with E-state index in [9.17, 15) is 4.79 Å². The zero-order valence-corrected chi connectivity index (χ0v) is 13.6. The Labute approximate surface area is 145 Å². The van der Waals surface area contributed by atoms with Crippen LogP contribution >= 0.6 is 12.4 Å². The topological polar surface area (TPSA) is 109 Å². The zero-order valence-electron chi connectivity index (χ0n) is 12.8. The fraction of sp³-hybridized carbons (Fsp3) is 0.0588. The van der Waals surface area contributed by atoms with E-state index in [2.05, 4.69) is 15.3 Å². The number of nitrogens with one attached hydrogen (secondary N) is 2. The fourth-order valence-electron chi connectivity index (χ4n) is 2.22. The molecule has 124 valence electrons. The first-order valence-electron chi connectivity index (χ1n) is 7.15. The zero-order chi connectivity index (χ0) is 16.2. The third-order valence-electron chi connectivity index (χ3n) is 3.43. The minimum Gasteiger partial charge on any atom is -0.399 e. The molecule has 1 aromatic heterocycles. The van der Waals surface area contributed by atoms with Gasteiger partial charge >= 0.3 is 0 Å². The molecule has 0 saturated carbocycles. The molecule has 0 unspecified atom stereocenters. The molecular weight excluding hydrogens is 326 g/mol. The number of aromatic nitrogens is 1. The molecule has 6 N–H and O–H groups in total. The van der Waals surface area contributed by atoms with Crippen LogP contribution in [0.15, 0.2) is 59.6 Å². The second kappa shape index (κ2) is 7.52. The smallest absolute Gasteiger partial charge is 0.274 e. The molecule has 24 heavy (non-hydrogen) atoms.